The second-order valence-corrected chi connectivity index (χ2v) is 6.31. The number of rotatable bonds is 5. The number of carbonyl (C=O) groups is 1. The molecule has 0 aliphatic rings. The lowest BCUT2D eigenvalue weighted by molar-refractivity contribution is -0.127. The molecule has 0 aromatic heterocycles. The molecule has 0 unspecified atom stereocenters. The van der Waals surface area contributed by atoms with Crippen LogP contribution in [-0.4, -0.2) is 12.0 Å². The van der Waals surface area contributed by atoms with Gasteiger partial charge in [0.1, 0.15) is 5.75 Å². The van der Waals surface area contributed by atoms with Gasteiger partial charge in [-0.3, -0.25) is 4.79 Å². The van der Waals surface area contributed by atoms with E-state index in [9.17, 15) is 4.79 Å². The summed E-state index contributed by atoms with van der Waals surface area (Å²) in [7, 11) is 0. The van der Waals surface area contributed by atoms with Gasteiger partial charge >= 0.3 is 0 Å². The van der Waals surface area contributed by atoms with Gasteiger partial charge in [-0.05, 0) is 46.6 Å². The molecule has 0 heterocycles. The Morgan fingerprint density at radius 2 is 1.90 bits per heavy atom. The maximum Gasteiger partial charge on any atom is 0.261 e. The number of halogens is 2. The molecular formula is C16H15Br2NO2. The quantitative estimate of drug-likeness (QED) is 0.795. The normalized spacial score (nSPS) is 11.8. The molecule has 1 N–H and O–H groups in total. The number of benzene rings is 2. The van der Waals surface area contributed by atoms with Crippen molar-refractivity contribution in [2.45, 2.75) is 19.6 Å². The lowest BCUT2D eigenvalue weighted by atomic mass is 10.2. The second kappa shape index (κ2) is 7.61. The molecule has 0 spiro atoms. The standard InChI is InChI=1S/C16H15Br2NO2/c1-11(21-15-8-7-13(17)9-14(15)18)16(20)19-10-12-5-3-2-4-6-12/h2-9,11H,10H2,1H3,(H,19,20)/t11-/m0/s1. The second-order valence-electron chi connectivity index (χ2n) is 4.54. The van der Waals surface area contributed by atoms with Crippen LogP contribution in [0.3, 0.4) is 0 Å². The molecule has 21 heavy (non-hydrogen) atoms. The van der Waals surface area contributed by atoms with E-state index in [2.05, 4.69) is 37.2 Å². The van der Waals surface area contributed by atoms with Crippen LogP contribution in [0, 0.1) is 0 Å². The van der Waals surface area contributed by atoms with Crippen molar-refractivity contribution in [3.05, 3.63) is 63.0 Å². The fraction of sp³-hybridized carbons (Fsp3) is 0.188. The van der Waals surface area contributed by atoms with Crippen LogP contribution in [0.25, 0.3) is 0 Å². The van der Waals surface area contributed by atoms with Gasteiger partial charge in [-0.2, -0.15) is 0 Å². The van der Waals surface area contributed by atoms with Crippen molar-refractivity contribution in [1.82, 2.24) is 5.32 Å². The van der Waals surface area contributed by atoms with Crippen molar-refractivity contribution in [2.75, 3.05) is 0 Å². The van der Waals surface area contributed by atoms with Crippen molar-refractivity contribution in [1.29, 1.82) is 0 Å². The Balaban J connectivity index is 1.90. The van der Waals surface area contributed by atoms with Crippen LogP contribution in [0.4, 0.5) is 0 Å². The van der Waals surface area contributed by atoms with E-state index in [1.807, 2.05) is 48.5 Å². The number of nitrogens with one attached hydrogen (secondary N) is 1. The van der Waals surface area contributed by atoms with Gasteiger partial charge in [0.25, 0.3) is 5.91 Å². The zero-order chi connectivity index (χ0) is 15.2. The fourth-order valence-electron chi connectivity index (χ4n) is 1.74. The van der Waals surface area contributed by atoms with E-state index in [0.29, 0.717) is 12.3 Å². The maximum absolute atomic E-state index is 12.0. The van der Waals surface area contributed by atoms with Gasteiger partial charge in [-0.25, -0.2) is 0 Å². The van der Waals surface area contributed by atoms with Crippen LogP contribution in [0.2, 0.25) is 0 Å². The summed E-state index contributed by atoms with van der Waals surface area (Å²) in [4.78, 5) is 12.0. The third kappa shape index (κ3) is 4.86. The predicted molar refractivity (Wildman–Crippen MR) is 90.2 cm³/mol. The Labute approximate surface area is 141 Å². The molecule has 2 aromatic carbocycles. The molecule has 0 fully saturated rings. The molecule has 110 valence electrons. The zero-order valence-corrected chi connectivity index (χ0v) is 14.6. The monoisotopic (exact) mass is 411 g/mol. The molecule has 1 amide bonds. The predicted octanol–water partition coefficient (Wildman–Crippen LogP) is 4.30. The van der Waals surface area contributed by atoms with Gasteiger partial charge in [-0.15, -0.1) is 0 Å². The molecule has 0 aliphatic carbocycles. The fourth-order valence-corrected chi connectivity index (χ4v) is 2.88. The highest BCUT2D eigenvalue weighted by Crippen LogP contribution is 2.28. The van der Waals surface area contributed by atoms with Crippen molar-refractivity contribution in [3.8, 4) is 5.75 Å². The first kappa shape index (κ1) is 16.0. The first-order chi connectivity index (χ1) is 10.1. The van der Waals surface area contributed by atoms with Crippen LogP contribution in [0.1, 0.15) is 12.5 Å². The lowest BCUT2D eigenvalue weighted by Gasteiger charge is -2.16. The molecule has 1 atom stereocenters. The minimum atomic E-state index is -0.564. The number of ether oxygens (including phenoxy) is 1. The molecule has 0 aliphatic heterocycles. The summed E-state index contributed by atoms with van der Waals surface area (Å²) in [6, 6.07) is 15.3. The van der Waals surface area contributed by atoms with E-state index in [1.165, 1.54) is 0 Å². The van der Waals surface area contributed by atoms with Gasteiger partial charge in [0.15, 0.2) is 6.10 Å². The highest BCUT2D eigenvalue weighted by molar-refractivity contribution is 9.11. The van der Waals surface area contributed by atoms with Crippen LogP contribution >= 0.6 is 31.9 Å². The van der Waals surface area contributed by atoms with Gasteiger partial charge in [-0.1, -0.05) is 46.3 Å². The number of carbonyl (C=O) groups excluding carboxylic acids is 1. The molecule has 0 saturated carbocycles. The summed E-state index contributed by atoms with van der Waals surface area (Å²) >= 11 is 6.79. The molecule has 3 nitrogen and oxygen atoms in total. The summed E-state index contributed by atoms with van der Waals surface area (Å²) < 4.78 is 7.42. The summed E-state index contributed by atoms with van der Waals surface area (Å²) in [5.41, 5.74) is 1.06. The van der Waals surface area contributed by atoms with Crippen molar-refractivity contribution >= 4 is 37.8 Å². The van der Waals surface area contributed by atoms with E-state index < -0.39 is 6.10 Å². The molecule has 5 heteroatoms. The smallest absolute Gasteiger partial charge is 0.261 e. The molecular weight excluding hydrogens is 398 g/mol. The first-order valence-electron chi connectivity index (χ1n) is 6.49. The first-order valence-corrected chi connectivity index (χ1v) is 8.08. The number of hydrogen-bond acceptors (Lipinski definition) is 2. The van der Waals surface area contributed by atoms with Crippen LogP contribution in [0.15, 0.2) is 57.5 Å². The van der Waals surface area contributed by atoms with Crippen molar-refractivity contribution in [3.63, 3.8) is 0 Å². The Bertz CT molecular complexity index is 617. The average Bonchev–Trinajstić information content (AvgIpc) is 2.48. The Kier molecular flexibility index (Phi) is 5.82. The highest BCUT2D eigenvalue weighted by atomic mass is 79.9. The lowest BCUT2D eigenvalue weighted by Crippen LogP contribution is -2.35. The average molecular weight is 413 g/mol. The van der Waals surface area contributed by atoms with Crippen molar-refractivity contribution < 1.29 is 9.53 Å². The molecule has 2 aromatic rings. The van der Waals surface area contributed by atoms with E-state index in [-0.39, 0.29) is 5.91 Å². The number of hydrogen-bond donors (Lipinski definition) is 1. The van der Waals surface area contributed by atoms with Gasteiger partial charge < -0.3 is 10.1 Å². The Hall–Kier alpha value is -1.33. The minimum absolute atomic E-state index is 0.145. The van der Waals surface area contributed by atoms with Crippen LogP contribution < -0.4 is 10.1 Å². The van der Waals surface area contributed by atoms with E-state index in [0.717, 1.165) is 14.5 Å². The van der Waals surface area contributed by atoms with Crippen molar-refractivity contribution in [2.24, 2.45) is 0 Å². The van der Waals surface area contributed by atoms with Gasteiger partial charge in [0, 0.05) is 11.0 Å². The highest BCUT2D eigenvalue weighted by Gasteiger charge is 2.15. The van der Waals surface area contributed by atoms with E-state index >= 15 is 0 Å². The summed E-state index contributed by atoms with van der Waals surface area (Å²) in [6.07, 6.45) is -0.564. The Morgan fingerprint density at radius 1 is 1.19 bits per heavy atom. The number of amides is 1. The van der Waals surface area contributed by atoms with Gasteiger partial charge in [0.2, 0.25) is 0 Å². The van der Waals surface area contributed by atoms with Gasteiger partial charge in [0.05, 0.1) is 4.47 Å². The van der Waals surface area contributed by atoms with E-state index in [1.54, 1.807) is 6.92 Å². The zero-order valence-electron chi connectivity index (χ0n) is 11.5. The Morgan fingerprint density at radius 3 is 2.57 bits per heavy atom. The summed E-state index contributed by atoms with van der Waals surface area (Å²) in [6.45, 7) is 2.23. The third-order valence-electron chi connectivity index (χ3n) is 2.88. The molecule has 2 rings (SSSR count). The van der Waals surface area contributed by atoms with Crippen LogP contribution in [0.5, 0.6) is 5.75 Å². The minimum Gasteiger partial charge on any atom is -0.480 e. The topological polar surface area (TPSA) is 38.3 Å². The third-order valence-corrected chi connectivity index (χ3v) is 3.99. The molecule has 0 bridgehead atoms. The largest absolute Gasteiger partial charge is 0.480 e. The maximum atomic E-state index is 12.0. The summed E-state index contributed by atoms with van der Waals surface area (Å²) in [5.74, 6) is 0.495. The van der Waals surface area contributed by atoms with Crippen LogP contribution in [-0.2, 0) is 11.3 Å². The summed E-state index contributed by atoms with van der Waals surface area (Å²) in [5, 5.41) is 2.86. The molecule has 0 radical (unpaired) electrons. The van der Waals surface area contributed by atoms with E-state index in [4.69, 9.17) is 4.74 Å². The SMILES string of the molecule is C[C@H](Oc1ccc(Br)cc1Br)C(=O)NCc1ccccc1. The molecule has 0 saturated heterocycles.